The highest BCUT2D eigenvalue weighted by Gasteiger charge is 2.58. The molecule has 2 unspecified atom stereocenters. The first kappa shape index (κ1) is 29.5. The molecular formula is C40H33O5P. The summed E-state index contributed by atoms with van der Waals surface area (Å²) >= 11 is 0. The standard InChI is InChI=1S/C40H33O5P/c1-28-12-14-29(15-13-28)40(30-16-20-32(42-2)21-17-30,31-18-22-34(23-19-31)44-35-26-24-33(43-3)25-27-35)46(41)39-11-7-5-9-37(39)36-8-4-6-10-38(36)45-46/h4-27H,1-3H3. The van der Waals surface area contributed by atoms with Gasteiger partial charge < -0.3 is 18.7 Å². The third kappa shape index (κ3) is 4.85. The summed E-state index contributed by atoms with van der Waals surface area (Å²) in [6.07, 6.45) is 0. The minimum absolute atomic E-state index is 0.592. The summed E-state index contributed by atoms with van der Waals surface area (Å²) in [4.78, 5) is 0. The van der Waals surface area contributed by atoms with E-state index in [1.165, 1.54) is 0 Å². The summed E-state index contributed by atoms with van der Waals surface area (Å²) in [5.74, 6) is 3.38. The molecule has 0 saturated carbocycles. The summed E-state index contributed by atoms with van der Waals surface area (Å²) in [6.45, 7) is 2.05. The van der Waals surface area contributed by atoms with E-state index in [0.717, 1.165) is 39.1 Å². The van der Waals surface area contributed by atoms with E-state index >= 15 is 4.57 Å². The maximum Gasteiger partial charge on any atom is 0.296 e. The summed E-state index contributed by atoms with van der Waals surface area (Å²) in [6, 6.07) is 47.0. The maximum atomic E-state index is 16.4. The van der Waals surface area contributed by atoms with Gasteiger partial charge >= 0.3 is 0 Å². The van der Waals surface area contributed by atoms with Crippen molar-refractivity contribution >= 4 is 12.7 Å². The van der Waals surface area contributed by atoms with Crippen molar-refractivity contribution in [3.05, 3.63) is 168 Å². The quantitative estimate of drug-likeness (QED) is 0.125. The van der Waals surface area contributed by atoms with Crippen LogP contribution in [0.25, 0.3) is 11.1 Å². The second-order valence-electron chi connectivity index (χ2n) is 11.3. The van der Waals surface area contributed by atoms with Gasteiger partial charge in [-0.25, -0.2) is 0 Å². The minimum atomic E-state index is -3.87. The Bertz CT molecular complexity index is 2040. The molecule has 1 aliphatic rings. The zero-order chi connectivity index (χ0) is 31.7. The largest absolute Gasteiger partial charge is 0.497 e. The van der Waals surface area contributed by atoms with Crippen LogP contribution in [0.15, 0.2) is 146 Å². The highest BCUT2D eigenvalue weighted by atomic mass is 31.2. The zero-order valence-corrected chi connectivity index (χ0v) is 26.7. The van der Waals surface area contributed by atoms with E-state index in [1.54, 1.807) is 14.2 Å². The number of methoxy groups -OCH3 is 2. The minimum Gasteiger partial charge on any atom is -0.497 e. The zero-order valence-electron chi connectivity index (χ0n) is 25.8. The first-order chi connectivity index (χ1) is 22.5. The molecule has 6 aromatic carbocycles. The van der Waals surface area contributed by atoms with Crippen LogP contribution in [0.2, 0.25) is 0 Å². The van der Waals surface area contributed by atoms with Crippen molar-refractivity contribution in [1.29, 1.82) is 0 Å². The highest BCUT2D eigenvalue weighted by molar-refractivity contribution is 7.69. The van der Waals surface area contributed by atoms with Crippen LogP contribution in [-0.2, 0) is 9.72 Å². The second kappa shape index (κ2) is 11.9. The second-order valence-corrected chi connectivity index (χ2v) is 13.7. The van der Waals surface area contributed by atoms with Crippen LogP contribution in [0.5, 0.6) is 28.7 Å². The molecule has 1 aliphatic heterocycles. The fraction of sp³-hybridized carbons (Fsp3) is 0.100. The molecule has 0 amide bonds. The Kier molecular flexibility index (Phi) is 7.64. The molecule has 5 nitrogen and oxygen atoms in total. The lowest BCUT2D eigenvalue weighted by Crippen LogP contribution is -2.38. The summed E-state index contributed by atoms with van der Waals surface area (Å²) in [5, 5.41) is -0.571. The molecule has 2 atom stereocenters. The summed E-state index contributed by atoms with van der Waals surface area (Å²) in [5.41, 5.74) is 5.39. The van der Waals surface area contributed by atoms with Crippen LogP contribution in [0.3, 0.4) is 0 Å². The van der Waals surface area contributed by atoms with Crippen LogP contribution < -0.4 is 24.0 Å². The molecule has 6 heteroatoms. The van der Waals surface area contributed by atoms with Gasteiger partial charge in [0.25, 0.3) is 7.37 Å². The molecular weight excluding hydrogens is 591 g/mol. The molecule has 0 aromatic heterocycles. The fourth-order valence-electron chi connectivity index (χ4n) is 6.34. The molecule has 1 heterocycles. The smallest absolute Gasteiger partial charge is 0.296 e. The van der Waals surface area contributed by atoms with Gasteiger partial charge in [-0.1, -0.05) is 90.5 Å². The molecule has 0 spiro atoms. The highest BCUT2D eigenvalue weighted by Crippen LogP contribution is 2.71. The van der Waals surface area contributed by atoms with E-state index in [2.05, 4.69) is 31.2 Å². The lowest BCUT2D eigenvalue weighted by molar-refractivity contribution is 0.413. The van der Waals surface area contributed by atoms with Crippen molar-refractivity contribution in [2.24, 2.45) is 0 Å². The van der Waals surface area contributed by atoms with E-state index < -0.39 is 12.5 Å². The summed E-state index contributed by atoms with van der Waals surface area (Å²) < 4.78 is 40.4. The molecule has 46 heavy (non-hydrogen) atoms. The van der Waals surface area contributed by atoms with Gasteiger partial charge in [-0.2, -0.15) is 0 Å². The van der Waals surface area contributed by atoms with Gasteiger partial charge in [0.05, 0.1) is 19.5 Å². The van der Waals surface area contributed by atoms with E-state index in [0.29, 0.717) is 28.3 Å². The van der Waals surface area contributed by atoms with E-state index in [-0.39, 0.29) is 0 Å². The Hall–Kier alpha value is -5.25. The number of hydrogen-bond acceptors (Lipinski definition) is 5. The predicted octanol–water partition coefficient (Wildman–Crippen LogP) is 9.76. The third-order valence-corrected chi connectivity index (χ3v) is 11.7. The van der Waals surface area contributed by atoms with Gasteiger partial charge in [0.1, 0.15) is 33.9 Å². The molecule has 228 valence electrons. The first-order valence-electron chi connectivity index (χ1n) is 15.1. The average molecular weight is 625 g/mol. The lowest BCUT2D eigenvalue weighted by Gasteiger charge is -2.44. The van der Waals surface area contributed by atoms with Gasteiger partial charge in [-0.3, -0.25) is 4.57 Å². The van der Waals surface area contributed by atoms with Gasteiger partial charge in [-0.15, -0.1) is 0 Å². The van der Waals surface area contributed by atoms with Crippen molar-refractivity contribution in [1.82, 2.24) is 0 Å². The number of benzene rings is 6. The number of ether oxygens (including phenoxy) is 3. The first-order valence-corrected chi connectivity index (χ1v) is 16.7. The fourth-order valence-corrected chi connectivity index (χ4v) is 9.64. The normalized spacial score (nSPS) is 16.2. The van der Waals surface area contributed by atoms with Crippen molar-refractivity contribution in [2.75, 3.05) is 14.2 Å². The van der Waals surface area contributed by atoms with Gasteiger partial charge in [0.15, 0.2) is 0 Å². The maximum absolute atomic E-state index is 16.4. The average Bonchev–Trinajstić information content (AvgIpc) is 3.11. The molecule has 6 aromatic rings. The molecule has 0 radical (unpaired) electrons. The van der Waals surface area contributed by atoms with Crippen LogP contribution in [-0.4, -0.2) is 14.2 Å². The Balaban J connectivity index is 1.49. The van der Waals surface area contributed by atoms with Gasteiger partial charge in [-0.05, 0) is 89.8 Å². The summed E-state index contributed by atoms with van der Waals surface area (Å²) in [7, 11) is -0.590. The SMILES string of the molecule is COc1ccc(Oc2ccc(C(c3ccc(C)cc3)(c3ccc(OC)cc3)P3(=O)Oc4ccccc4-c4ccccc43)cc2)cc1. The molecule has 7 rings (SSSR count). The van der Waals surface area contributed by atoms with Crippen LogP contribution in [0.4, 0.5) is 0 Å². The molecule has 0 bridgehead atoms. The number of rotatable bonds is 8. The van der Waals surface area contributed by atoms with Crippen LogP contribution in [0, 0.1) is 6.92 Å². The van der Waals surface area contributed by atoms with Crippen molar-refractivity contribution in [3.8, 4) is 39.9 Å². The van der Waals surface area contributed by atoms with Crippen LogP contribution >= 0.6 is 7.37 Å². The Labute approximate surface area is 269 Å². The van der Waals surface area contributed by atoms with Gasteiger partial charge in [0, 0.05) is 5.56 Å². The number of fused-ring (bicyclic) bond motifs is 3. The van der Waals surface area contributed by atoms with E-state index in [9.17, 15) is 0 Å². The topological polar surface area (TPSA) is 54.0 Å². The number of aryl methyl sites for hydroxylation is 1. The van der Waals surface area contributed by atoms with E-state index in [1.807, 2.05) is 121 Å². The predicted molar refractivity (Wildman–Crippen MR) is 183 cm³/mol. The van der Waals surface area contributed by atoms with Crippen molar-refractivity contribution < 1.29 is 23.3 Å². The molecule has 0 N–H and O–H groups in total. The van der Waals surface area contributed by atoms with Crippen molar-refractivity contribution in [2.45, 2.75) is 12.1 Å². The van der Waals surface area contributed by atoms with E-state index in [4.69, 9.17) is 18.7 Å². The van der Waals surface area contributed by atoms with Crippen LogP contribution in [0.1, 0.15) is 22.3 Å². The van der Waals surface area contributed by atoms with Gasteiger partial charge in [0.2, 0.25) is 0 Å². The Morgan fingerprint density at radius 1 is 0.522 bits per heavy atom. The third-order valence-electron chi connectivity index (χ3n) is 8.61. The number of hydrogen-bond donors (Lipinski definition) is 0. The monoisotopic (exact) mass is 624 g/mol. The molecule has 0 saturated heterocycles. The molecule has 0 fully saturated rings. The lowest BCUT2D eigenvalue weighted by atomic mass is 9.83. The molecule has 0 aliphatic carbocycles. The van der Waals surface area contributed by atoms with Crippen molar-refractivity contribution in [3.63, 3.8) is 0 Å². The number of para-hydroxylation sites is 1. The Morgan fingerprint density at radius 2 is 0.957 bits per heavy atom. The Morgan fingerprint density at radius 3 is 1.52 bits per heavy atom.